The molecule has 0 atom stereocenters. The predicted molar refractivity (Wildman–Crippen MR) is 33.5 cm³/mol. The first-order valence-corrected chi connectivity index (χ1v) is 2.66. The molecule has 48 valence electrons. The van der Waals surface area contributed by atoms with E-state index in [2.05, 4.69) is 15.0 Å². The second-order valence-electron chi connectivity index (χ2n) is 1.88. The van der Waals surface area contributed by atoms with Gasteiger partial charge in [-0.15, -0.1) is 0 Å². The Morgan fingerprint density at radius 2 is 1.50 bits per heavy atom. The van der Waals surface area contributed by atoms with Crippen molar-refractivity contribution in [2.75, 3.05) is 0 Å². The molecule has 2 bridgehead atoms. The van der Waals surface area contributed by atoms with Gasteiger partial charge in [-0.1, -0.05) is 0 Å². The largest absolute Gasteiger partial charge is 0.295 e. The average Bonchev–Trinajstić information content (AvgIpc) is 2.17. The van der Waals surface area contributed by atoms with Crippen LogP contribution in [0, 0.1) is 10.8 Å². The molecule has 2 rings (SSSR count). The first-order chi connectivity index (χ1) is 4.79. The zero-order chi connectivity index (χ0) is 7.14. The van der Waals surface area contributed by atoms with Gasteiger partial charge in [0.15, 0.2) is 11.6 Å². The molecule has 0 unspecified atom stereocenters. The fourth-order valence-corrected chi connectivity index (χ4v) is 0.761. The second-order valence-corrected chi connectivity index (χ2v) is 1.88. The smallest absolute Gasteiger partial charge is 0.183 e. The van der Waals surface area contributed by atoms with Gasteiger partial charge < -0.3 is 0 Å². The summed E-state index contributed by atoms with van der Waals surface area (Å²) >= 11 is 0. The van der Waals surface area contributed by atoms with Crippen LogP contribution in [0.25, 0.3) is 0 Å². The first kappa shape index (κ1) is 5.16. The summed E-state index contributed by atoms with van der Waals surface area (Å²) in [5.41, 5.74) is 0.125. The average molecular weight is 133 g/mol. The van der Waals surface area contributed by atoms with Gasteiger partial charge in [-0.05, 0) is 0 Å². The van der Waals surface area contributed by atoms with Crippen LogP contribution < -0.4 is 0 Å². The van der Waals surface area contributed by atoms with Crippen LogP contribution in [0.2, 0.25) is 0 Å². The van der Waals surface area contributed by atoms with E-state index in [9.17, 15) is 0 Å². The lowest BCUT2D eigenvalue weighted by Crippen LogP contribution is -2.06. The Hall–Kier alpha value is -1.65. The number of hydrogen-bond donors (Lipinski definition) is 2. The van der Waals surface area contributed by atoms with Crippen LogP contribution >= 0.6 is 0 Å². The van der Waals surface area contributed by atoms with Crippen molar-refractivity contribution in [3.05, 3.63) is 18.0 Å². The Balaban J connectivity index is 2.77. The van der Waals surface area contributed by atoms with Gasteiger partial charge in [-0.25, -0.2) is 15.0 Å². The number of nitrogens with zero attached hydrogens (tertiary/aromatic N) is 3. The molecule has 5 nitrogen and oxygen atoms in total. The first-order valence-electron chi connectivity index (χ1n) is 2.66. The van der Waals surface area contributed by atoms with Crippen molar-refractivity contribution in [3.63, 3.8) is 0 Å². The van der Waals surface area contributed by atoms with E-state index >= 15 is 0 Å². The molecule has 0 fully saturated rings. The molecule has 0 saturated carbocycles. The fraction of sp³-hybridized carbons (Fsp3) is 0. The van der Waals surface area contributed by atoms with Crippen LogP contribution in [0.3, 0.4) is 0 Å². The van der Waals surface area contributed by atoms with E-state index in [-0.39, 0.29) is 11.4 Å². The maximum atomic E-state index is 7.23. The quantitative estimate of drug-likeness (QED) is 0.505. The zero-order valence-electron chi connectivity index (χ0n) is 4.92. The molecule has 1 aliphatic rings. The lowest BCUT2D eigenvalue weighted by molar-refractivity contribution is 1.03. The molecule has 10 heavy (non-hydrogen) atoms. The number of nitrogens with one attached hydrogen (secondary N) is 2. The lowest BCUT2D eigenvalue weighted by Gasteiger charge is -1.82. The summed E-state index contributed by atoms with van der Waals surface area (Å²) in [5.74, 6) is 0.602. The van der Waals surface area contributed by atoms with E-state index in [0.29, 0.717) is 11.6 Å². The highest BCUT2D eigenvalue weighted by Gasteiger charge is 2.23. The van der Waals surface area contributed by atoms with E-state index in [0.717, 1.165) is 0 Å². The van der Waals surface area contributed by atoms with Gasteiger partial charge in [0, 0.05) is 0 Å². The molecule has 2 heterocycles. The monoisotopic (exact) mass is 133 g/mol. The van der Waals surface area contributed by atoms with Crippen LogP contribution in [-0.2, 0) is 0 Å². The summed E-state index contributed by atoms with van der Waals surface area (Å²) in [4.78, 5) is 11.2. The zero-order valence-corrected chi connectivity index (χ0v) is 4.92. The SMILES string of the molecule is N=C1C(=N)c2ncnc1n2. The minimum atomic E-state index is 0.0625. The highest BCUT2D eigenvalue weighted by atomic mass is 15.1. The topological polar surface area (TPSA) is 86.4 Å². The van der Waals surface area contributed by atoms with Gasteiger partial charge in [0.2, 0.25) is 0 Å². The van der Waals surface area contributed by atoms with Gasteiger partial charge in [-0.3, -0.25) is 10.8 Å². The number of hydrogen-bond acceptors (Lipinski definition) is 5. The molecule has 0 amide bonds. The Morgan fingerprint density at radius 1 is 1.00 bits per heavy atom. The minimum Gasteiger partial charge on any atom is -0.295 e. The van der Waals surface area contributed by atoms with Gasteiger partial charge >= 0.3 is 0 Å². The summed E-state index contributed by atoms with van der Waals surface area (Å²) in [6, 6.07) is 0. The fourth-order valence-electron chi connectivity index (χ4n) is 0.761. The molecule has 1 aliphatic heterocycles. The van der Waals surface area contributed by atoms with Crippen molar-refractivity contribution in [1.82, 2.24) is 15.0 Å². The van der Waals surface area contributed by atoms with Crippen LogP contribution in [0.1, 0.15) is 11.6 Å². The third kappa shape index (κ3) is 0.439. The summed E-state index contributed by atoms with van der Waals surface area (Å²) in [7, 11) is 0. The lowest BCUT2D eigenvalue weighted by atomic mass is 10.2. The number of fused-ring (bicyclic) bond motifs is 2. The number of aromatic nitrogens is 3. The second kappa shape index (κ2) is 1.44. The van der Waals surface area contributed by atoms with Crippen LogP contribution in [0.15, 0.2) is 6.33 Å². The molecule has 0 aliphatic carbocycles. The van der Waals surface area contributed by atoms with E-state index in [4.69, 9.17) is 10.8 Å². The summed E-state index contributed by atoms with van der Waals surface area (Å²) in [5, 5.41) is 14.5. The van der Waals surface area contributed by atoms with Crippen LogP contribution in [-0.4, -0.2) is 26.4 Å². The molecule has 2 N–H and O–H groups in total. The Morgan fingerprint density at radius 3 is 1.90 bits per heavy atom. The molecule has 0 spiro atoms. The molecule has 1 aromatic heterocycles. The minimum absolute atomic E-state index is 0.0625. The highest BCUT2D eigenvalue weighted by Crippen LogP contribution is 2.05. The highest BCUT2D eigenvalue weighted by molar-refractivity contribution is 6.51. The van der Waals surface area contributed by atoms with Gasteiger partial charge in [-0.2, -0.15) is 0 Å². The van der Waals surface area contributed by atoms with Crippen molar-refractivity contribution in [1.29, 1.82) is 10.8 Å². The Kier molecular flexibility index (Phi) is 0.743. The third-order valence-corrected chi connectivity index (χ3v) is 1.27. The normalized spacial score (nSPS) is 14.4. The maximum Gasteiger partial charge on any atom is 0.183 e. The number of rotatable bonds is 0. The molecule has 0 saturated heterocycles. The van der Waals surface area contributed by atoms with Crippen molar-refractivity contribution < 1.29 is 0 Å². The van der Waals surface area contributed by atoms with E-state index in [1.807, 2.05) is 0 Å². The van der Waals surface area contributed by atoms with Gasteiger partial charge in [0.1, 0.15) is 17.8 Å². The molecule has 0 radical (unpaired) electrons. The van der Waals surface area contributed by atoms with E-state index in [1.54, 1.807) is 0 Å². The summed E-state index contributed by atoms with van der Waals surface area (Å²) < 4.78 is 0. The van der Waals surface area contributed by atoms with Crippen LogP contribution in [0.5, 0.6) is 0 Å². The van der Waals surface area contributed by atoms with Crippen molar-refractivity contribution >= 4 is 11.4 Å². The van der Waals surface area contributed by atoms with E-state index in [1.165, 1.54) is 6.33 Å². The van der Waals surface area contributed by atoms with E-state index < -0.39 is 0 Å². The third-order valence-electron chi connectivity index (χ3n) is 1.27. The molecular formula is C5H3N5. The van der Waals surface area contributed by atoms with Crippen molar-refractivity contribution in [2.24, 2.45) is 0 Å². The predicted octanol–water partition coefficient (Wildman–Crippen LogP) is -0.379. The van der Waals surface area contributed by atoms with Crippen LogP contribution in [0.4, 0.5) is 0 Å². The Labute approximate surface area is 56.2 Å². The molecular weight excluding hydrogens is 130 g/mol. The van der Waals surface area contributed by atoms with Crippen molar-refractivity contribution in [2.45, 2.75) is 0 Å². The maximum absolute atomic E-state index is 7.23. The summed E-state index contributed by atoms with van der Waals surface area (Å²) in [6.45, 7) is 0. The summed E-state index contributed by atoms with van der Waals surface area (Å²) in [6.07, 6.45) is 1.31. The molecule has 0 aromatic carbocycles. The molecule has 1 aromatic rings. The van der Waals surface area contributed by atoms with Gasteiger partial charge in [0.25, 0.3) is 0 Å². The standard InChI is InChI=1S/C5H3N5/c6-2-3(7)5-9-1-8-4(2)10-5/h1,6-7H. The van der Waals surface area contributed by atoms with Crippen molar-refractivity contribution in [3.8, 4) is 0 Å². The molecule has 5 heteroatoms. The van der Waals surface area contributed by atoms with Gasteiger partial charge in [0.05, 0.1) is 0 Å². The Bertz CT molecular complexity index is 299.